The highest BCUT2D eigenvalue weighted by Crippen LogP contribution is 2.37. The molecule has 5 nitrogen and oxygen atoms in total. The molecule has 1 aromatic carbocycles. The van der Waals surface area contributed by atoms with E-state index in [0.717, 1.165) is 6.20 Å². The molecule has 2 aromatic rings. The monoisotopic (exact) mass is 328 g/mol. The summed E-state index contributed by atoms with van der Waals surface area (Å²) < 4.78 is 53.1. The zero-order valence-electron chi connectivity index (χ0n) is 11.7. The zero-order chi connectivity index (χ0) is 16.8. The number of nitrogens with zero attached hydrogens (tertiary/aromatic N) is 2. The fraction of sp³-hybridized carbons (Fsp3) is 0.286. The van der Waals surface area contributed by atoms with Crippen molar-refractivity contribution in [1.82, 2.24) is 10.2 Å². The van der Waals surface area contributed by atoms with Gasteiger partial charge in [-0.25, -0.2) is 9.49 Å². The lowest BCUT2D eigenvalue weighted by Crippen LogP contribution is -2.28. The predicted molar refractivity (Wildman–Crippen MR) is 74.0 cm³/mol. The maximum Gasteiger partial charge on any atom is 0.423 e. The highest BCUT2D eigenvalue weighted by atomic mass is 19.4. The van der Waals surface area contributed by atoms with Crippen molar-refractivity contribution in [3.05, 3.63) is 56.8 Å². The number of H-pyrrole nitrogens is 1. The van der Waals surface area contributed by atoms with Gasteiger partial charge in [0.2, 0.25) is 0 Å². The number of benzene rings is 1. The van der Waals surface area contributed by atoms with E-state index in [1.165, 1.54) is 11.0 Å². The number of anilines is 1. The topological polar surface area (TPSA) is 75.0 Å². The van der Waals surface area contributed by atoms with Gasteiger partial charge in [-0.15, -0.1) is 0 Å². The quantitative estimate of drug-likeness (QED) is 0.826. The third-order valence-electron chi connectivity index (χ3n) is 3.77. The van der Waals surface area contributed by atoms with Crippen molar-refractivity contribution < 1.29 is 17.6 Å². The van der Waals surface area contributed by atoms with Crippen LogP contribution in [0.15, 0.2) is 23.1 Å². The molecule has 9 heteroatoms. The summed E-state index contributed by atoms with van der Waals surface area (Å²) in [6.07, 6.45) is -3.86. The Balaban J connectivity index is 2.03. The lowest BCUT2D eigenvalue weighted by atomic mass is 10.1. The van der Waals surface area contributed by atoms with Gasteiger partial charge in [0.1, 0.15) is 11.4 Å². The average molecular weight is 328 g/mol. The summed E-state index contributed by atoms with van der Waals surface area (Å²) in [6.45, 7) is 0.182. The summed E-state index contributed by atoms with van der Waals surface area (Å²) in [4.78, 5) is 12.9. The van der Waals surface area contributed by atoms with Crippen LogP contribution in [0, 0.1) is 5.82 Å². The van der Waals surface area contributed by atoms with Crippen molar-refractivity contribution in [1.29, 1.82) is 0 Å². The van der Waals surface area contributed by atoms with Gasteiger partial charge in [0.05, 0.1) is 11.9 Å². The molecule has 0 radical (unpaired) electrons. The Morgan fingerprint density at radius 1 is 1.26 bits per heavy atom. The third kappa shape index (κ3) is 2.67. The second kappa shape index (κ2) is 5.34. The lowest BCUT2D eigenvalue weighted by molar-refractivity contribution is -0.138. The van der Waals surface area contributed by atoms with Gasteiger partial charge < -0.3 is 10.6 Å². The third-order valence-corrected chi connectivity index (χ3v) is 3.77. The van der Waals surface area contributed by atoms with E-state index in [-0.39, 0.29) is 25.3 Å². The van der Waals surface area contributed by atoms with Crippen molar-refractivity contribution in [2.24, 2.45) is 5.73 Å². The van der Waals surface area contributed by atoms with Crippen LogP contribution in [0.25, 0.3) is 0 Å². The van der Waals surface area contributed by atoms with E-state index in [9.17, 15) is 22.4 Å². The first-order valence-corrected chi connectivity index (χ1v) is 6.71. The van der Waals surface area contributed by atoms with Crippen molar-refractivity contribution in [3.8, 4) is 0 Å². The molecule has 0 bridgehead atoms. The molecular weight excluding hydrogens is 316 g/mol. The molecule has 0 spiro atoms. The van der Waals surface area contributed by atoms with Gasteiger partial charge in [-0.3, -0.25) is 4.79 Å². The molecule has 2 heterocycles. The van der Waals surface area contributed by atoms with Gasteiger partial charge in [0.15, 0.2) is 0 Å². The number of aromatic nitrogens is 2. The van der Waals surface area contributed by atoms with Crippen LogP contribution in [0.3, 0.4) is 0 Å². The Hall–Kier alpha value is -2.42. The molecule has 0 saturated carbocycles. The number of fused-ring (bicyclic) bond motifs is 1. The van der Waals surface area contributed by atoms with Crippen LogP contribution in [-0.4, -0.2) is 10.2 Å². The van der Waals surface area contributed by atoms with Crippen LogP contribution in [0.5, 0.6) is 0 Å². The normalized spacial score (nSPS) is 14.2. The van der Waals surface area contributed by atoms with Crippen molar-refractivity contribution in [2.45, 2.75) is 25.8 Å². The molecule has 23 heavy (non-hydrogen) atoms. The van der Waals surface area contributed by atoms with Crippen molar-refractivity contribution in [3.63, 3.8) is 0 Å². The van der Waals surface area contributed by atoms with Crippen molar-refractivity contribution >= 4 is 5.69 Å². The van der Waals surface area contributed by atoms with Gasteiger partial charge in [-0.2, -0.15) is 18.3 Å². The summed E-state index contributed by atoms with van der Waals surface area (Å²) in [7, 11) is 0. The number of halogens is 4. The molecular formula is C14H12F4N4O. The maximum absolute atomic E-state index is 13.8. The molecule has 0 fully saturated rings. The Morgan fingerprint density at radius 3 is 2.52 bits per heavy atom. The standard InChI is InChI=1S/C14H12F4N4O/c15-10-2-9-6-22(5-8(9)1-7(10)3-19)11-4-20-21-13(23)12(11)14(16,17)18/h1-2,4H,3,5-6,19H2,(H,21,23). The van der Waals surface area contributed by atoms with Crippen LogP contribution in [0.1, 0.15) is 22.3 Å². The van der Waals surface area contributed by atoms with E-state index in [0.29, 0.717) is 16.7 Å². The van der Waals surface area contributed by atoms with E-state index < -0.39 is 23.1 Å². The number of aromatic amines is 1. The Labute approximate surface area is 127 Å². The minimum absolute atomic E-state index is 0.000521. The van der Waals surface area contributed by atoms with E-state index >= 15 is 0 Å². The lowest BCUT2D eigenvalue weighted by Gasteiger charge is -2.21. The van der Waals surface area contributed by atoms with E-state index in [2.05, 4.69) is 5.10 Å². The Morgan fingerprint density at radius 2 is 1.91 bits per heavy atom. The minimum atomic E-state index is -4.81. The summed E-state index contributed by atoms with van der Waals surface area (Å²) in [5.74, 6) is -0.492. The number of hydrogen-bond acceptors (Lipinski definition) is 4. The number of nitrogens with one attached hydrogen (secondary N) is 1. The SMILES string of the molecule is NCc1cc2c(cc1F)CN(c1cn[nH]c(=O)c1C(F)(F)F)C2. The number of nitrogens with two attached hydrogens (primary N) is 1. The molecule has 0 atom stereocenters. The predicted octanol–water partition coefficient (Wildman–Crippen LogP) is 1.91. The molecule has 3 rings (SSSR count). The van der Waals surface area contributed by atoms with Crippen molar-refractivity contribution in [2.75, 3.05) is 4.90 Å². The molecule has 122 valence electrons. The highest BCUT2D eigenvalue weighted by molar-refractivity contribution is 5.56. The van der Waals surface area contributed by atoms with Gasteiger partial charge in [0, 0.05) is 25.2 Å². The average Bonchev–Trinajstić information content (AvgIpc) is 2.87. The van der Waals surface area contributed by atoms with E-state index in [1.807, 2.05) is 0 Å². The van der Waals surface area contributed by atoms with Crippen LogP contribution < -0.4 is 16.2 Å². The maximum atomic E-state index is 13.8. The molecule has 1 aromatic heterocycles. The molecule has 0 amide bonds. The highest BCUT2D eigenvalue weighted by Gasteiger charge is 2.39. The zero-order valence-corrected chi connectivity index (χ0v) is 11.7. The summed E-state index contributed by atoms with van der Waals surface area (Å²) in [6, 6.07) is 2.81. The summed E-state index contributed by atoms with van der Waals surface area (Å²) in [5, 5.41) is 5.23. The Kier molecular flexibility index (Phi) is 3.59. The second-order valence-corrected chi connectivity index (χ2v) is 5.23. The molecule has 0 unspecified atom stereocenters. The molecule has 3 N–H and O–H groups in total. The molecule has 1 aliphatic heterocycles. The Bertz CT molecular complexity index is 815. The van der Waals surface area contributed by atoms with Gasteiger partial charge >= 0.3 is 6.18 Å². The minimum Gasteiger partial charge on any atom is -0.361 e. The summed E-state index contributed by atoms with van der Waals surface area (Å²) >= 11 is 0. The van der Waals surface area contributed by atoms with Crippen LogP contribution >= 0.6 is 0 Å². The molecule has 1 aliphatic rings. The van der Waals surface area contributed by atoms with Gasteiger partial charge in [-0.05, 0) is 23.3 Å². The first kappa shape index (κ1) is 15.5. The van der Waals surface area contributed by atoms with Gasteiger partial charge in [-0.1, -0.05) is 0 Å². The van der Waals surface area contributed by atoms with Crippen LogP contribution in [0.2, 0.25) is 0 Å². The fourth-order valence-corrected chi connectivity index (χ4v) is 2.70. The number of hydrogen-bond donors (Lipinski definition) is 2. The molecule has 0 saturated heterocycles. The summed E-state index contributed by atoms with van der Waals surface area (Å²) in [5.41, 5.74) is 4.04. The largest absolute Gasteiger partial charge is 0.423 e. The van der Waals surface area contributed by atoms with E-state index in [4.69, 9.17) is 5.73 Å². The van der Waals surface area contributed by atoms with Gasteiger partial charge in [0.25, 0.3) is 5.56 Å². The first-order valence-electron chi connectivity index (χ1n) is 6.71. The smallest absolute Gasteiger partial charge is 0.361 e. The molecule has 0 aliphatic carbocycles. The van der Waals surface area contributed by atoms with Crippen LogP contribution in [-0.2, 0) is 25.8 Å². The first-order chi connectivity index (χ1) is 10.8. The number of rotatable bonds is 2. The number of alkyl halides is 3. The fourth-order valence-electron chi connectivity index (χ4n) is 2.70. The van der Waals surface area contributed by atoms with E-state index in [1.54, 1.807) is 11.2 Å². The second-order valence-electron chi connectivity index (χ2n) is 5.23. The van der Waals surface area contributed by atoms with Crippen LogP contribution in [0.4, 0.5) is 23.2 Å².